The highest BCUT2D eigenvalue weighted by Gasteiger charge is 2.30. The predicted octanol–water partition coefficient (Wildman–Crippen LogP) is 3.85. The van der Waals surface area contributed by atoms with Crippen LogP contribution in [0.15, 0.2) is 0 Å². The molecule has 3 atom stereocenters. The van der Waals surface area contributed by atoms with Crippen molar-refractivity contribution in [2.75, 3.05) is 0 Å². The van der Waals surface area contributed by atoms with Gasteiger partial charge in [-0.3, -0.25) is 0 Å². The summed E-state index contributed by atoms with van der Waals surface area (Å²) < 4.78 is 0. The summed E-state index contributed by atoms with van der Waals surface area (Å²) in [6.45, 7) is 11.2. The summed E-state index contributed by atoms with van der Waals surface area (Å²) in [6, 6.07) is 0.552. The van der Waals surface area contributed by atoms with Crippen molar-refractivity contribution < 1.29 is 0 Å². The Morgan fingerprint density at radius 1 is 1.28 bits per heavy atom. The molecule has 0 spiro atoms. The fourth-order valence-corrected chi connectivity index (χ4v) is 3.24. The molecular formula is C15H30N2S. The van der Waals surface area contributed by atoms with Gasteiger partial charge in [-0.25, -0.2) is 0 Å². The minimum Gasteiger partial charge on any atom is -0.359 e. The SMILES string of the molecule is CCC1CCCC(C)C1NC(=S)NC(C)(C)CC. The van der Waals surface area contributed by atoms with Crippen LogP contribution in [0.4, 0.5) is 0 Å². The molecule has 1 saturated carbocycles. The smallest absolute Gasteiger partial charge is 0.166 e. The van der Waals surface area contributed by atoms with Gasteiger partial charge < -0.3 is 10.6 Å². The number of hydrogen-bond donors (Lipinski definition) is 2. The first-order valence-electron chi connectivity index (χ1n) is 7.48. The lowest BCUT2D eigenvalue weighted by molar-refractivity contribution is 0.209. The first-order valence-corrected chi connectivity index (χ1v) is 7.89. The van der Waals surface area contributed by atoms with Gasteiger partial charge in [0.1, 0.15) is 0 Å². The third kappa shape index (κ3) is 4.42. The van der Waals surface area contributed by atoms with E-state index in [0.717, 1.165) is 23.4 Å². The van der Waals surface area contributed by atoms with Gasteiger partial charge in [-0.1, -0.05) is 33.6 Å². The lowest BCUT2D eigenvalue weighted by Gasteiger charge is -2.38. The molecule has 1 fully saturated rings. The lowest BCUT2D eigenvalue weighted by Crippen LogP contribution is -2.54. The van der Waals surface area contributed by atoms with Gasteiger partial charge in [0.15, 0.2) is 5.11 Å². The normalized spacial score (nSPS) is 28.8. The van der Waals surface area contributed by atoms with E-state index in [1.54, 1.807) is 0 Å². The zero-order chi connectivity index (χ0) is 13.8. The molecular weight excluding hydrogens is 240 g/mol. The Balaban J connectivity index is 2.55. The second-order valence-corrected chi connectivity index (χ2v) is 6.85. The van der Waals surface area contributed by atoms with Gasteiger partial charge in [0.05, 0.1) is 0 Å². The van der Waals surface area contributed by atoms with E-state index in [-0.39, 0.29) is 5.54 Å². The summed E-state index contributed by atoms with van der Waals surface area (Å²) in [4.78, 5) is 0. The van der Waals surface area contributed by atoms with Gasteiger partial charge in [0.25, 0.3) is 0 Å². The molecule has 1 rings (SSSR count). The molecule has 18 heavy (non-hydrogen) atoms. The topological polar surface area (TPSA) is 24.1 Å². The van der Waals surface area contributed by atoms with E-state index in [9.17, 15) is 0 Å². The van der Waals surface area contributed by atoms with Crippen LogP contribution in [0.5, 0.6) is 0 Å². The van der Waals surface area contributed by atoms with Crippen LogP contribution in [0.25, 0.3) is 0 Å². The summed E-state index contributed by atoms with van der Waals surface area (Å²) in [7, 11) is 0. The van der Waals surface area contributed by atoms with Crippen molar-refractivity contribution in [3.63, 3.8) is 0 Å². The zero-order valence-corrected chi connectivity index (χ0v) is 13.5. The van der Waals surface area contributed by atoms with Crippen molar-refractivity contribution in [1.29, 1.82) is 0 Å². The third-order valence-corrected chi connectivity index (χ3v) is 4.73. The Kier molecular flexibility index (Phi) is 5.90. The fourth-order valence-electron chi connectivity index (χ4n) is 2.83. The summed E-state index contributed by atoms with van der Waals surface area (Å²) in [6.07, 6.45) is 6.37. The van der Waals surface area contributed by atoms with E-state index in [1.807, 2.05) is 0 Å². The summed E-state index contributed by atoms with van der Waals surface area (Å²) in [5, 5.41) is 7.85. The van der Waals surface area contributed by atoms with Gasteiger partial charge in [0, 0.05) is 11.6 Å². The molecule has 0 aromatic carbocycles. The highest BCUT2D eigenvalue weighted by atomic mass is 32.1. The van der Waals surface area contributed by atoms with Crippen molar-refractivity contribution in [2.45, 2.75) is 78.3 Å². The second-order valence-electron chi connectivity index (χ2n) is 6.44. The maximum absolute atomic E-state index is 5.48. The number of thiocarbonyl (C=S) groups is 1. The molecule has 0 bridgehead atoms. The zero-order valence-electron chi connectivity index (χ0n) is 12.7. The molecule has 0 radical (unpaired) electrons. The van der Waals surface area contributed by atoms with E-state index in [4.69, 9.17) is 12.2 Å². The predicted molar refractivity (Wildman–Crippen MR) is 83.8 cm³/mol. The molecule has 1 aliphatic rings. The van der Waals surface area contributed by atoms with E-state index in [0.29, 0.717) is 6.04 Å². The molecule has 3 heteroatoms. The molecule has 0 amide bonds. The van der Waals surface area contributed by atoms with E-state index in [2.05, 4.69) is 45.3 Å². The molecule has 0 aromatic heterocycles. The lowest BCUT2D eigenvalue weighted by atomic mass is 9.76. The van der Waals surface area contributed by atoms with Crippen LogP contribution in [0.3, 0.4) is 0 Å². The van der Waals surface area contributed by atoms with Gasteiger partial charge in [-0.15, -0.1) is 0 Å². The summed E-state index contributed by atoms with van der Waals surface area (Å²) in [5.41, 5.74) is 0.0870. The van der Waals surface area contributed by atoms with Gasteiger partial charge in [-0.05, 0) is 57.2 Å². The van der Waals surface area contributed by atoms with E-state index in [1.165, 1.54) is 25.7 Å². The summed E-state index contributed by atoms with van der Waals surface area (Å²) in [5.74, 6) is 1.51. The minimum absolute atomic E-state index is 0.0870. The van der Waals surface area contributed by atoms with Crippen molar-refractivity contribution in [3.05, 3.63) is 0 Å². The molecule has 106 valence electrons. The minimum atomic E-state index is 0.0870. The van der Waals surface area contributed by atoms with Crippen molar-refractivity contribution in [1.82, 2.24) is 10.6 Å². The highest BCUT2D eigenvalue weighted by Crippen LogP contribution is 2.31. The fraction of sp³-hybridized carbons (Fsp3) is 0.933. The maximum Gasteiger partial charge on any atom is 0.166 e. The molecule has 0 heterocycles. The first kappa shape index (κ1) is 15.7. The van der Waals surface area contributed by atoms with Crippen LogP contribution < -0.4 is 10.6 Å². The van der Waals surface area contributed by atoms with Crippen molar-refractivity contribution in [2.24, 2.45) is 11.8 Å². The van der Waals surface area contributed by atoms with Crippen LogP contribution in [0.2, 0.25) is 0 Å². The maximum atomic E-state index is 5.48. The highest BCUT2D eigenvalue weighted by molar-refractivity contribution is 7.80. The third-order valence-electron chi connectivity index (χ3n) is 4.51. The monoisotopic (exact) mass is 270 g/mol. The van der Waals surface area contributed by atoms with Gasteiger partial charge in [-0.2, -0.15) is 0 Å². The number of rotatable bonds is 4. The number of nitrogens with one attached hydrogen (secondary N) is 2. The quantitative estimate of drug-likeness (QED) is 0.759. The molecule has 0 saturated heterocycles. The molecule has 0 aromatic rings. The van der Waals surface area contributed by atoms with Crippen molar-refractivity contribution >= 4 is 17.3 Å². The van der Waals surface area contributed by atoms with Gasteiger partial charge >= 0.3 is 0 Å². The summed E-state index contributed by atoms with van der Waals surface area (Å²) >= 11 is 5.48. The Morgan fingerprint density at radius 2 is 1.94 bits per heavy atom. The van der Waals surface area contributed by atoms with Crippen LogP contribution in [0.1, 0.15) is 66.7 Å². The van der Waals surface area contributed by atoms with Crippen molar-refractivity contribution in [3.8, 4) is 0 Å². The second kappa shape index (κ2) is 6.74. The molecule has 3 unspecified atom stereocenters. The molecule has 2 N–H and O–H groups in total. The van der Waals surface area contributed by atoms with Crippen LogP contribution in [0, 0.1) is 11.8 Å². The van der Waals surface area contributed by atoms with Crippen LogP contribution in [-0.4, -0.2) is 16.7 Å². The van der Waals surface area contributed by atoms with Crippen LogP contribution >= 0.6 is 12.2 Å². The largest absolute Gasteiger partial charge is 0.359 e. The Labute approximate surface area is 118 Å². The standard InChI is InChI=1S/C15H30N2S/c1-6-12-10-8-9-11(3)13(12)16-14(18)17-15(4,5)7-2/h11-13H,6-10H2,1-5H3,(H2,16,17,18). The Hall–Kier alpha value is -0.310. The van der Waals surface area contributed by atoms with E-state index >= 15 is 0 Å². The molecule has 2 nitrogen and oxygen atoms in total. The Morgan fingerprint density at radius 3 is 2.50 bits per heavy atom. The average Bonchev–Trinajstić information content (AvgIpc) is 2.31. The first-order chi connectivity index (χ1) is 8.39. The average molecular weight is 270 g/mol. The molecule has 1 aliphatic carbocycles. The Bertz CT molecular complexity index is 276. The van der Waals surface area contributed by atoms with Gasteiger partial charge in [0.2, 0.25) is 0 Å². The molecule has 0 aliphatic heterocycles. The number of hydrogen-bond acceptors (Lipinski definition) is 1. The van der Waals surface area contributed by atoms with E-state index < -0.39 is 0 Å². The van der Waals surface area contributed by atoms with Crippen LogP contribution in [-0.2, 0) is 0 Å².